The number of nitriles is 1. The molecule has 0 atom stereocenters. The molecule has 0 saturated carbocycles. The summed E-state index contributed by atoms with van der Waals surface area (Å²) in [5, 5.41) is 8.51. The van der Waals surface area contributed by atoms with Crippen LogP contribution in [0.15, 0.2) is 18.3 Å². The summed E-state index contributed by atoms with van der Waals surface area (Å²) in [6, 6.07) is 4.93. The third-order valence-electron chi connectivity index (χ3n) is 1.44. The lowest BCUT2D eigenvalue weighted by molar-refractivity contribution is 0.0371. The van der Waals surface area contributed by atoms with Crippen molar-refractivity contribution in [2.45, 2.75) is 20.0 Å². The number of nitrogens with zero attached hydrogens (tertiary/aromatic N) is 2. The van der Waals surface area contributed by atoms with Gasteiger partial charge in [-0.3, -0.25) is 0 Å². The van der Waals surface area contributed by atoms with Gasteiger partial charge >= 0.3 is 5.97 Å². The second kappa shape index (κ2) is 4.38. The van der Waals surface area contributed by atoms with E-state index in [0.717, 1.165) is 0 Å². The third kappa shape index (κ3) is 2.56. The quantitative estimate of drug-likeness (QED) is 0.663. The van der Waals surface area contributed by atoms with Crippen molar-refractivity contribution in [1.29, 1.82) is 5.26 Å². The molecule has 0 saturated heterocycles. The summed E-state index contributed by atoms with van der Waals surface area (Å²) < 4.78 is 4.93. The van der Waals surface area contributed by atoms with Crippen LogP contribution in [0, 0.1) is 11.3 Å². The first kappa shape index (κ1) is 10.2. The van der Waals surface area contributed by atoms with Gasteiger partial charge in [-0.1, -0.05) is 0 Å². The van der Waals surface area contributed by atoms with Crippen molar-refractivity contribution in [1.82, 2.24) is 4.98 Å². The lowest BCUT2D eigenvalue weighted by atomic mass is 10.3. The van der Waals surface area contributed by atoms with E-state index in [1.165, 1.54) is 18.3 Å². The van der Waals surface area contributed by atoms with E-state index in [2.05, 4.69) is 4.98 Å². The van der Waals surface area contributed by atoms with Gasteiger partial charge in [0.15, 0.2) is 0 Å². The van der Waals surface area contributed by atoms with E-state index in [4.69, 9.17) is 10.00 Å². The van der Waals surface area contributed by atoms with Crippen LogP contribution in [-0.4, -0.2) is 17.1 Å². The van der Waals surface area contributed by atoms with Crippen molar-refractivity contribution in [3.05, 3.63) is 29.6 Å². The first-order valence-electron chi connectivity index (χ1n) is 4.20. The molecule has 0 spiro atoms. The second-order valence-corrected chi connectivity index (χ2v) is 3.00. The average Bonchev–Trinajstić information content (AvgIpc) is 2.17. The van der Waals surface area contributed by atoms with Crippen LogP contribution < -0.4 is 0 Å². The Kier molecular flexibility index (Phi) is 3.19. The van der Waals surface area contributed by atoms with Crippen molar-refractivity contribution in [2.75, 3.05) is 0 Å². The van der Waals surface area contributed by atoms with Gasteiger partial charge in [-0.25, -0.2) is 9.78 Å². The maximum absolute atomic E-state index is 11.3. The molecule has 1 aromatic heterocycles. The van der Waals surface area contributed by atoms with Crippen LogP contribution in [0.25, 0.3) is 0 Å². The van der Waals surface area contributed by atoms with E-state index in [-0.39, 0.29) is 11.8 Å². The Labute approximate surface area is 82.1 Å². The number of hydrogen-bond donors (Lipinski definition) is 0. The molecule has 0 bridgehead atoms. The lowest BCUT2D eigenvalue weighted by Gasteiger charge is -2.06. The van der Waals surface area contributed by atoms with Gasteiger partial charge in [0.1, 0.15) is 11.8 Å². The molecule has 0 fully saturated rings. The Hall–Kier alpha value is -1.89. The highest BCUT2D eigenvalue weighted by Gasteiger charge is 2.09. The maximum Gasteiger partial charge on any atom is 0.357 e. The molecule has 0 aliphatic carbocycles. The Bertz CT molecular complexity index is 363. The van der Waals surface area contributed by atoms with E-state index in [9.17, 15) is 4.79 Å². The van der Waals surface area contributed by atoms with E-state index in [1.54, 1.807) is 13.8 Å². The molecule has 1 aromatic rings. The van der Waals surface area contributed by atoms with Gasteiger partial charge in [-0.2, -0.15) is 5.26 Å². The topological polar surface area (TPSA) is 63.0 Å². The minimum Gasteiger partial charge on any atom is -0.458 e. The van der Waals surface area contributed by atoms with Gasteiger partial charge in [-0.05, 0) is 26.0 Å². The van der Waals surface area contributed by atoms with E-state index < -0.39 is 5.97 Å². The number of carbonyl (C=O) groups excluding carboxylic acids is 1. The maximum atomic E-state index is 11.3. The largest absolute Gasteiger partial charge is 0.458 e. The molecule has 0 radical (unpaired) electrons. The van der Waals surface area contributed by atoms with Gasteiger partial charge in [0.25, 0.3) is 0 Å². The molecular formula is C10H10N2O2. The number of rotatable bonds is 2. The molecule has 72 valence electrons. The molecule has 4 nitrogen and oxygen atoms in total. The molecule has 0 aliphatic rings. The van der Waals surface area contributed by atoms with Crippen LogP contribution in [0.3, 0.4) is 0 Å². The molecule has 4 heteroatoms. The normalized spacial score (nSPS) is 9.57. The Balaban J connectivity index is 2.78. The fourth-order valence-corrected chi connectivity index (χ4v) is 0.855. The van der Waals surface area contributed by atoms with Crippen LogP contribution in [0.4, 0.5) is 0 Å². The number of hydrogen-bond acceptors (Lipinski definition) is 4. The molecule has 0 amide bonds. The van der Waals surface area contributed by atoms with Crippen molar-refractivity contribution in [3.8, 4) is 6.07 Å². The summed E-state index contributed by atoms with van der Waals surface area (Å²) in [4.78, 5) is 15.1. The van der Waals surface area contributed by atoms with Gasteiger partial charge in [-0.15, -0.1) is 0 Å². The first-order chi connectivity index (χ1) is 6.63. The molecule has 14 heavy (non-hydrogen) atoms. The molecule has 0 unspecified atom stereocenters. The summed E-state index contributed by atoms with van der Waals surface area (Å²) in [6.45, 7) is 3.53. The van der Waals surface area contributed by atoms with Crippen molar-refractivity contribution in [2.24, 2.45) is 0 Å². The molecule has 0 aliphatic heterocycles. The second-order valence-electron chi connectivity index (χ2n) is 3.00. The Morgan fingerprint density at radius 3 is 2.71 bits per heavy atom. The summed E-state index contributed by atoms with van der Waals surface area (Å²) in [5.41, 5.74) is 0.642. The summed E-state index contributed by atoms with van der Waals surface area (Å²) in [7, 11) is 0. The van der Waals surface area contributed by atoms with Gasteiger partial charge in [0.05, 0.1) is 11.7 Å². The predicted octanol–water partition coefficient (Wildman–Crippen LogP) is 1.52. The molecule has 0 aromatic carbocycles. The number of carbonyl (C=O) groups is 1. The summed E-state index contributed by atoms with van der Waals surface area (Å²) in [6.07, 6.45) is 1.18. The van der Waals surface area contributed by atoms with Crippen LogP contribution in [0.1, 0.15) is 29.9 Å². The van der Waals surface area contributed by atoms with E-state index in [0.29, 0.717) is 5.56 Å². The number of esters is 1. The monoisotopic (exact) mass is 190 g/mol. The fraction of sp³-hybridized carbons (Fsp3) is 0.300. The van der Waals surface area contributed by atoms with Gasteiger partial charge in [0, 0.05) is 6.20 Å². The Morgan fingerprint density at radius 2 is 2.29 bits per heavy atom. The highest BCUT2D eigenvalue weighted by Crippen LogP contribution is 2.02. The van der Waals surface area contributed by atoms with Crippen LogP contribution in [-0.2, 0) is 4.74 Å². The zero-order valence-electron chi connectivity index (χ0n) is 8.02. The lowest BCUT2D eigenvalue weighted by Crippen LogP contribution is -2.12. The van der Waals surface area contributed by atoms with Crippen LogP contribution in [0.2, 0.25) is 0 Å². The highest BCUT2D eigenvalue weighted by molar-refractivity contribution is 5.87. The van der Waals surface area contributed by atoms with Gasteiger partial charge in [0.2, 0.25) is 0 Å². The SMILES string of the molecule is CC(C)OC(=O)c1ccc(C#N)cn1. The average molecular weight is 190 g/mol. The fourth-order valence-electron chi connectivity index (χ4n) is 0.855. The van der Waals surface area contributed by atoms with E-state index >= 15 is 0 Å². The molecule has 0 N–H and O–H groups in total. The predicted molar refractivity (Wildman–Crippen MR) is 49.5 cm³/mol. The smallest absolute Gasteiger partial charge is 0.357 e. The summed E-state index contributed by atoms with van der Waals surface area (Å²) in [5.74, 6) is -0.468. The molecular weight excluding hydrogens is 180 g/mol. The molecule has 1 heterocycles. The first-order valence-corrected chi connectivity index (χ1v) is 4.20. The zero-order chi connectivity index (χ0) is 10.6. The van der Waals surface area contributed by atoms with Crippen molar-refractivity contribution < 1.29 is 9.53 Å². The summed E-state index contributed by atoms with van der Waals surface area (Å²) >= 11 is 0. The van der Waals surface area contributed by atoms with Gasteiger partial charge < -0.3 is 4.74 Å². The minimum atomic E-state index is -0.468. The number of pyridine rings is 1. The van der Waals surface area contributed by atoms with E-state index in [1.807, 2.05) is 6.07 Å². The highest BCUT2D eigenvalue weighted by atomic mass is 16.5. The standard InChI is InChI=1S/C10H10N2O2/c1-7(2)14-10(13)9-4-3-8(5-11)6-12-9/h3-4,6-7H,1-2H3. The van der Waals surface area contributed by atoms with Crippen LogP contribution in [0.5, 0.6) is 0 Å². The van der Waals surface area contributed by atoms with Crippen LogP contribution >= 0.6 is 0 Å². The number of ether oxygens (including phenoxy) is 1. The zero-order valence-corrected chi connectivity index (χ0v) is 8.02. The Morgan fingerprint density at radius 1 is 1.57 bits per heavy atom. The van der Waals surface area contributed by atoms with Crippen molar-refractivity contribution in [3.63, 3.8) is 0 Å². The molecule has 1 rings (SSSR count). The number of aromatic nitrogens is 1. The van der Waals surface area contributed by atoms with Crippen molar-refractivity contribution >= 4 is 5.97 Å². The third-order valence-corrected chi connectivity index (χ3v) is 1.44. The minimum absolute atomic E-state index is 0.167.